The summed E-state index contributed by atoms with van der Waals surface area (Å²) < 4.78 is 21.7. The first kappa shape index (κ1) is 116. The van der Waals surface area contributed by atoms with Gasteiger partial charge in [0.05, 0.1) is 35.1 Å². The Hall–Kier alpha value is -10.5. The molecule has 0 radical (unpaired) electrons. The molecule has 2 aliphatic heterocycles. The van der Waals surface area contributed by atoms with E-state index in [2.05, 4.69) is 269 Å². The summed E-state index contributed by atoms with van der Waals surface area (Å²) in [4.78, 5) is 109. The van der Waals surface area contributed by atoms with Crippen molar-refractivity contribution in [3.05, 3.63) is 284 Å². The maximum Gasteiger partial charge on any atom is 0.270 e. The van der Waals surface area contributed by atoms with E-state index in [1.54, 1.807) is 37.8 Å². The number of oxazole rings is 1. The van der Waals surface area contributed by atoms with Crippen molar-refractivity contribution in [3.8, 4) is 5.69 Å². The van der Waals surface area contributed by atoms with Crippen LogP contribution in [0.3, 0.4) is 0 Å². The minimum Gasteiger partial charge on any atom is -0.447 e. The zero-order chi connectivity index (χ0) is 109. The van der Waals surface area contributed by atoms with Crippen molar-refractivity contribution in [2.24, 2.45) is 20.0 Å². The molecule has 20 rings (SSSR count). The summed E-state index contributed by atoms with van der Waals surface area (Å²) in [7, 11) is 3.57. The van der Waals surface area contributed by atoms with Crippen LogP contribution in [0.1, 0.15) is 486 Å². The van der Waals surface area contributed by atoms with E-state index in [9.17, 15) is 43.5 Å². The predicted octanol–water partition coefficient (Wildman–Crippen LogP) is 25.0. The van der Waals surface area contributed by atoms with Crippen molar-refractivity contribution in [3.63, 3.8) is 0 Å². The van der Waals surface area contributed by atoms with Gasteiger partial charge in [0, 0.05) is 183 Å². The Labute approximate surface area is 888 Å². The summed E-state index contributed by atoms with van der Waals surface area (Å²) in [6, 6.07) is 19.8. The van der Waals surface area contributed by atoms with Crippen LogP contribution in [-0.2, 0) is 70.5 Å². The average Bonchev–Trinajstić information content (AvgIpc) is 1.65. The number of pyridine rings is 7. The highest BCUT2D eigenvalue weighted by Gasteiger charge is 2.38. The molecule has 8 saturated carbocycles. The molecule has 10 aromatic rings. The molecule has 2 saturated heterocycles. The van der Waals surface area contributed by atoms with Crippen LogP contribution in [0.4, 0.5) is 11.4 Å². The fourth-order valence-electron chi connectivity index (χ4n) is 20.8. The molecule has 8 aliphatic carbocycles. The molecular formula is C125H184N14O10. The van der Waals surface area contributed by atoms with E-state index in [4.69, 9.17) is 4.42 Å². The second-order valence-corrected chi connectivity index (χ2v) is 53.6. The Balaban J connectivity index is 0.000000142. The largest absolute Gasteiger partial charge is 0.447 e. The summed E-state index contributed by atoms with van der Waals surface area (Å²) in [6.45, 7) is 64.1. The number of aliphatic hydroxyl groups is 1. The lowest BCUT2D eigenvalue weighted by atomic mass is 9.86. The molecule has 10 aromatic heterocycles. The lowest BCUT2D eigenvalue weighted by Crippen LogP contribution is -2.39. The number of hydrogen-bond acceptors (Lipinski definition) is 15. The van der Waals surface area contributed by atoms with Gasteiger partial charge in [-0.3, -0.25) is 38.4 Å². The van der Waals surface area contributed by atoms with Crippen LogP contribution in [0.2, 0.25) is 0 Å². The number of nitrogens with zero attached hydrogens (tertiary/aromatic N) is 14. The van der Waals surface area contributed by atoms with E-state index in [1.807, 2.05) is 79.2 Å². The van der Waals surface area contributed by atoms with Crippen molar-refractivity contribution in [1.82, 2.24) is 56.5 Å². The Morgan fingerprint density at radius 1 is 0.349 bits per heavy atom. The summed E-state index contributed by atoms with van der Waals surface area (Å²) in [5, 5.41) is 18.6. The first-order valence-electron chi connectivity index (χ1n) is 56.6. The molecular weight excluding hydrogens is 1860 g/mol. The highest BCUT2D eigenvalue weighted by Crippen LogP contribution is 2.47. The van der Waals surface area contributed by atoms with Crippen LogP contribution in [0.15, 0.2) is 166 Å². The van der Waals surface area contributed by atoms with E-state index >= 15 is 0 Å². The van der Waals surface area contributed by atoms with E-state index in [1.165, 1.54) is 186 Å². The number of rotatable bonds is 16. The summed E-state index contributed by atoms with van der Waals surface area (Å²) in [6.07, 6.45) is 51.3. The molecule has 2 unspecified atom stereocenters. The second-order valence-electron chi connectivity index (χ2n) is 53.6. The van der Waals surface area contributed by atoms with Crippen molar-refractivity contribution in [2.45, 2.75) is 471 Å². The molecule has 2 atom stereocenters. The standard InChI is InChI=1S/C18H27NO2.2C18H27NO.C16H20N2O2.C15H21N3O.C15H24N2O.C13H20N2O.C12H18N2O/c1-18(2,3)15-9-14(12-7-8-12)11-19(17(15)21)10-13-5-4-6-16(13)20;2*1-18(2,3)16-11-14(13-9-10-13)12-19(17(16)20)15-7-5-4-6-8-15;1-16(2,3)13-8-12(11-4-5-11)9-18(15(13)19)10-14-17-6-7-20-14;1-11(2)17-10-12(18-8-6-7-16-18)9-13(14(17)19)15(3,4)5;1-11(2)17-10-12(16-7-6-8-16)9-13(14(17)18)15(3,4)5;1-13(2,3)11-8-10(15-6-5-7-15)9-14(4)12(11)16;1-12(2,3)9-7-10(8-5-6-8)13-14(4)11(9)15/h9,11-13,16,20H,4-8,10H2,1-3H3;2*11-13,15H,4-10H2,1-3H3;6-9,11H,4-5,10H2,1-3H3;6-11H,1-5H3;9-11H,6-8H2,1-5H3;8-9H,5-7H2,1-4H3;7-8H,5-6H2,1-4H3. The van der Waals surface area contributed by atoms with Gasteiger partial charge in [0.2, 0.25) is 5.89 Å². The minimum atomic E-state index is -0.237. The van der Waals surface area contributed by atoms with Gasteiger partial charge in [-0.2, -0.15) is 10.2 Å². The first-order valence-corrected chi connectivity index (χ1v) is 56.6. The monoisotopic (exact) mass is 2040 g/mol. The molecule has 0 spiro atoms. The minimum absolute atomic E-state index is 0.0342. The van der Waals surface area contributed by atoms with Crippen molar-refractivity contribution in [2.75, 3.05) is 36.0 Å². The number of aryl methyl sites for hydroxylation is 2. The highest BCUT2D eigenvalue weighted by molar-refractivity contribution is 5.51. The lowest BCUT2D eigenvalue weighted by Gasteiger charge is -2.35. The first-order chi connectivity index (χ1) is 69.6. The van der Waals surface area contributed by atoms with Gasteiger partial charge < -0.3 is 51.3 Å². The molecule has 814 valence electrons. The quantitative estimate of drug-likeness (QED) is 0.0943. The molecule has 24 nitrogen and oxygen atoms in total. The van der Waals surface area contributed by atoms with Gasteiger partial charge in [0.25, 0.3) is 44.5 Å². The Kier molecular flexibility index (Phi) is 36.5. The molecule has 149 heavy (non-hydrogen) atoms. The fraction of sp³-hybridized carbons (Fsp3) is 0.640. The molecule has 24 heteroatoms. The third kappa shape index (κ3) is 30.3. The van der Waals surface area contributed by atoms with Crippen LogP contribution in [-0.4, -0.2) is 93.9 Å². The molecule has 1 N–H and O–H groups in total. The SMILES string of the molecule is CC(C)(C)c1cc(C2CC2)cn(C2CCCCC2)c1=O.CC(C)(C)c1cc(C2CC2)cn(C2CCCCC2)c1=O.CC(C)(C)c1cc(C2CC2)cn(CC2CCCC2O)c1=O.CC(C)(C)c1cc(C2CC2)cn(Cc2ncco2)c1=O.CC(C)n1cc(-n2cccn2)cc(C(C)(C)C)c1=O.CC(C)n1cc(N2CCC2)cc(C(C)(C)C)c1=O.Cn1cc(N2CCC2)cc(C(C)(C)C)c1=O.Cn1nc(C2CC2)cc(C(C)(C)C)c1=O. The van der Waals surface area contributed by atoms with E-state index in [-0.39, 0.29) is 112 Å². The van der Waals surface area contributed by atoms with Crippen molar-refractivity contribution < 1.29 is 9.52 Å². The number of aromatic nitrogens is 12. The number of anilines is 2. The Morgan fingerprint density at radius 2 is 0.705 bits per heavy atom. The topological polar surface area (TPSA) is 259 Å². The smallest absolute Gasteiger partial charge is 0.270 e. The molecule has 0 aromatic carbocycles. The zero-order valence-electron chi connectivity index (χ0n) is 96.7. The molecule has 0 bridgehead atoms. The van der Waals surface area contributed by atoms with Crippen LogP contribution < -0.4 is 54.3 Å². The van der Waals surface area contributed by atoms with Crippen LogP contribution in [0.25, 0.3) is 5.69 Å². The van der Waals surface area contributed by atoms with Gasteiger partial charge in [-0.05, 0) is 287 Å². The lowest BCUT2D eigenvalue weighted by molar-refractivity contribution is 0.122. The second kappa shape index (κ2) is 47.0. The van der Waals surface area contributed by atoms with E-state index in [0.29, 0.717) is 60.7 Å². The van der Waals surface area contributed by atoms with Gasteiger partial charge in [0.1, 0.15) is 12.8 Å². The maximum atomic E-state index is 12.9. The molecule has 12 heterocycles. The predicted molar refractivity (Wildman–Crippen MR) is 610 cm³/mol. The van der Waals surface area contributed by atoms with Gasteiger partial charge in [-0.1, -0.05) is 211 Å². The zero-order valence-corrected chi connectivity index (χ0v) is 96.7. The summed E-state index contributed by atoms with van der Waals surface area (Å²) in [5.41, 5.74) is 17.3. The highest BCUT2D eigenvalue weighted by atomic mass is 16.3. The van der Waals surface area contributed by atoms with Crippen molar-refractivity contribution in [1.29, 1.82) is 0 Å². The Morgan fingerprint density at radius 3 is 1.05 bits per heavy atom. The van der Waals surface area contributed by atoms with Gasteiger partial charge in [0.15, 0.2) is 0 Å². The van der Waals surface area contributed by atoms with E-state index < -0.39 is 0 Å². The van der Waals surface area contributed by atoms with Crippen molar-refractivity contribution >= 4 is 11.4 Å². The van der Waals surface area contributed by atoms with Gasteiger partial charge in [-0.15, -0.1) is 0 Å². The third-order valence-electron chi connectivity index (χ3n) is 31.4. The summed E-state index contributed by atoms with van der Waals surface area (Å²) >= 11 is 0. The van der Waals surface area contributed by atoms with Gasteiger partial charge >= 0.3 is 0 Å². The van der Waals surface area contributed by atoms with Crippen LogP contribution in [0.5, 0.6) is 0 Å². The van der Waals surface area contributed by atoms with E-state index in [0.717, 1.165) is 101 Å². The Bertz CT molecular complexity index is 6630. The third-order valence-corrected chi connectivity index (χ3v) is 31.4. The molecule has 10 fully saturated rings. The normalized spacial score (nSPS) is 18.4. The molecule has 0 amide bonds. The fourth-order valence-corrected chi connectivity index (χ4v) is 20.8. The average molecular weight is 2040 g/mol. The molecule has 10 aliphatic rings. The summed E-state index contributed by atoms with van der Waals surface area (Å²) in [5.74, 6) is 4.10. The van der Waals surface area contributed by atoms with Gasteiger partial charge in [-0.25, -0.2) is 14.3 Å². The maximum absolute atomic E-state index is 12.9. The van der Waals surface area contributed by atoms with Crippen LogP contribution in [0, 0.1) is 5.92 Å². The number of hydrogen-bond donors (Lipinski definition) is 1. The number of aliphatic hydroxyl groups excluding tert-OH is 1. The van der Waals surface area contributed by atoms with Crippen LogP contribution >= 0.6 is 0 Å².